The summed E-state index contributed by atoms with van der Waals surface area (Å²) in [5, 5.41) is 14.6. The van der Waals surface area contributed by atoms with E-state index in [2.05, 4.69) is 15.3 Å². The summed E-state index contributed by atoms with van der Waals surface area (Å²) in [4.78, 5) is 35.9. The van der Waals surface area contributed by atoms with E-state index in [-0.39, 0.29) is 23.6 Å². The van der Waals surface area contributed by atoms with Crippen molar-refractivity contribution in [2.24, 2.45) is 0 Å². The van der Waals surface area contributed by atoms with Crippen molar-refractivity contribution in [3.63, 3.8) is 0 Å². The lowest BCUT2D eigenvalue weighted by molar-refractivity contribution is 0.0755. The zero-order valence-electron chi connectivity index (χ0n) is 23.1. The van der Waals surface area contributed by atoms with Crippen LogP contribution in [0, 0.1) is 11.6 Å². The zero-order chi connectivity index (χ0) is 29.4. The number of H-pyrrole nitrogens is 1. The first-order valence-electron chi connectivity index (χ1n) is 13.7. The van der Waals surface area contributed by atoms with E-state index in [1.54, 1.807) is 23.1 Å². The lowest BCUT2D eigenvalue weighted by Crippen LogP contribution is -2.46. The number of aromatic nitrogens is 2. The second-order valence-corrected chi connectivity index (χ2v) is 10.9. The number of fused-ring (bicyclic) bond motifs is 1. The average molecular weight is 581 g/mol. The molecule has 216 valence electrons. The number of thioether (sulfide) groups is 1. The Hall–Kier alpha value is -3.76. The predicted molar refractivity (Wildman–Crippen MR) is 157 cm³/mol. The molecule has 3 aromatic carbocycles. The van der Waals surface area contributed by atoms with Gasteiger partial charge in [0.1, 0.15) is 11.6 Å². The van der Waals surface area contributed by atoms with Crippen LogP contribution in [0.4, 0.5) is 8.78 Å². The van der Waals surface area contributed by atoms with Crippen molar-refractivity contribution >= 4 is 34.6 Å². The Balaban J connectivity index is 1.52. The number of hydrogen-bond donors (Lipinski definition) is 3. The number of rotatable bonds is 13. The van der Waals surface area contributed by atoms with Crippen LogP contribution in [-0.4, -0.2) is 62.8 Å². The first-order valence-corrected chi connectivity index (χ1v) is 14.7. The minimum absolute atomic E-state index is 0.0122. The van der Waals surface area contributed by atoms with Crippen LogP contribution in [-0.2, 0) is 6.42 Å². The molecule has 0 aliphatic carbocycles. The van der Waals surface area contributed by atoms with Crippen LogP contribution in [0.25, 0.3) is 11.0 Å². The van der Waals surface area contributed by atoms with Gasteiger partial charge in [0.2, 0.25) is 0 Å². The Morgan fingerprint density at radius 1 is 0.976 bits per heavy atom. The molecule has 0 unspecified atom stereocenters. The fourth-order valence-electron chi connectivity index (χ4n) is 4.63. The SMILES string of the molecule is CCCN(CCC)C(=O)c1cccc(C(=O)N[C@@H](Cc2cc(F)cc(F)c2)[C@H](O)CSc2nc3ccccc3[nH]2)c1. The van der Waals surface area contributed by atoms with Gasteiger partial charge in [-0.15, -0.1) is 0 Å². The number of benzene rings is 3. The van der Waals surface area contributed by atoms with E-state index < -0.39 is 29.7 Å². The van der Waals surface area contributed by atoms with E-state index in [9.17, 15) is 23.5 Å². The molecule has 0 saturated heterocycles. The third-order valence-corrected chi connectivity index (χ3v) is 7.54. The van der Waals surface area contributed by atoms with Gasteiger partial charge in [-0.25, -0.2) is 13.8 Å². The quantitative estimate of drug-likeness (QED) is 0.179. The summed E-state index contributed by atoms with van der Waals surface area (Å²) in [6.07, 6.45) is 0.538. The Bertz CT molecular complexity index is 1440. The number of aliphatic hydroxyl groups excluding tert-OH is 1. The highest BCUT2D eigenvalue weighted by molar-refractivity contribution is 7.99. The van der Waals surface area contributed by atoms with Crippen molar-refractivity contribution in [2.75, 3.05) is 18.8 Å². The summed E-state index contributed by atoms with van der Waals surface area (Å²) >= 11 is 1.27. The zero-order valence-corrected chi connectivity index (χ0v) is 23.9. The van der Waals surface area contributed by atoms with Gasteiger partial charge < -0.3 is 20.3 Å². The molecule has 1 aromatic heterocycles. The predicted octanol–water partition coefficient (Wildman–Crippen LogP) is 5.60. The van der Waals surface area contributed by atoms with Crippen LogP contribution < -0.4 is 5.32 Å². The maximum Gasteiger partial charge on any atom is 0.253 e. The summed E-state index contributed by atoms with van der Waals surface area (Å²) < 4.78 is 27.9. The van der Waals surface area contributed by atoms with Crippen molar-refractivity contribution in [2.45, 2.75) is 50.4 Å². The van der Waals surface area contributed by atoms with Crippen LogP contribution in [0.3, 0.4) is 0 Å². The number of halogens is 2. The minimum Gasteiger partial charge on any atom is -0.390 e. The number of hydrogen-bond acceptors (Lipinski definition) is 5. The smallest absolute Gasteiger partial charge is 0.253 e. The third-order valence-electron chi connectivity index (χ3n) is 6.56. The van der Waals surface area contributed by atoms with Crippen molar-refractivity contribution < 1.29 is 23.5 Å². The van der Waals surface area contributed by atoms with Crippen molar-refractivity contribution in [1.29, 1.82) is 0 Å². The maximum atomic E-state index is 13.9. The first-order chi connectivity index (χ1) is 19.8. The fourth-order valence-corrected chi connectivity index (χ4v) is 5.53. The van der Waals surface area contributed by atoms with Gasteiger partial charge in [-0.2, -0.15) is 0 Å². The number of aliphatic hydroxyl groups is 1. The Morgan fingerprint density at radius 3 is 2.34 bits per heavy atom. The maximum absolute atomic E-state index is 13.9. The summed E-state index contributed by atoms with van der Waals surface area (Å²) in [5.74, 6) is -1.99. The minimum atomic E-state index is -1.09. The Labute approximate surface area is 242 Å². The standard InChI is InChI=1S/C31H34F2N4O3S/c1-3-12-37(13-4-2)30(40)22-9-7-8-21(17-22)29(39)34-27(16-20-14-23(32)18-24(33)15-20)28(38)19-41-31-35-25-10-5-6-11-26(25)36-31/h5-11,14-15,17-18,27-28,38H,3-4,12-13,16,19H2,1-2H3,(H,34,39)(H,35,36)/t27-,28+/m0/s1. The molecule has 7 nitrogen and oxygen atoms in total. The molecule has 0 spiro atoms. The molecule has 0 aliphatic heterocycles. The number of nitrogens with zero attached hydrogens (tertiary/aromatic N) is 2. The lowest BCUT2D eigenvalue weighted by Gasteiger charge is -2.25. The lowest BCUT2D eigenvalue weighted by atomic mass is 10.0. The largest absolute Gasteiger partial charge is 0.390 e. The van der Waals surface area contributed by atoms with Crippen molar-refractivity contribution in [3.8, 4) is 0 Å². The second-order valence-electron chi connectivity index (χ2n) is 9.87. The van der Waals surface area contributed by atoms with Crippen LogP contribution in [0.2, 0.25) is 0 Å². The molecular formula is C31H34F2N4O3S. The number of nitrogens with one attached hydrogen (secondary N) is 2. The normalized spacial score (nSPS) is 12.7. The highest BCUT2D eigenvalue weighted by Gasteiger charge is 2.25. The Kier molecular flexibility index (Phi) is 10.5. The van der Waals surface area contributed by atoms with Crippen molar-refractivity contribution in [1.82, 2.24) is 20.2 Å². The summed E-state index contributed by atoms with van der Waals surface area (Å²) in [7, 11) is 0. The number of aromatic amines is 1. The molecule has 0 fully saturated rings. The van der Waals surface area contributed by atoms with Gasteiger partial charge in [-0.05, 0) is 67.3 Å². The van der Waals surface area contributed by atoms with E-state index in [1.165, 1.54) is 30.0 Å². The van der Waals surface area contributed by atoms with Gasteiger partial charge in [0.05, 0.1) is 23.2 Å². The van der Waals surface area contributed by atoms with E-state index in [1.807, 2.05) is 38.1 Å². The number of carbonyl (C=O) groups excluding carboxylic acids is 2. The Morgan fingerprint density at radius 2 is 1.66 bits per heavy atom. The molecule has 2 atom stereocenters. The van der Waals surface area contributed by atoms with Gasteiger partial charge in [-0.3, -0.25) is 9.59 Å². The molecule has 0 radical (unpaired) electrons. The number of para-hydroxylation sites is 2. The van der Waals surface area contributed by atoms with E-state index in [0.717, 1.165) is 29.9 Å². The number of carbonyl (C=O) groups is 2. The highest BCUT2D eigenvalue weighted by atomic mass is 32.2. The van der Waals surface area contributed by atoms with Gasteiger partial charge in [-0.1, -0.05) is 43.8 Å². The number of amides is 2. The van der Waals surface area contributed by atoms with E-state index in [4.69, 9.17) is 0 Å². The van der Waals surface area contributed by atoms with Crippen LogP contribution in [0.5, 0.6) is 0 Å². The average Bonchev–Trinajstić information content (AvgIpc) is 3.38. The van der Waals surface area contributed by atoms with E-state index >= 15 is 0 Å². The van der Waals surface area contributed by atoms with Crippen molar-refractivity contribution in [3.05, 3.63) is 95.1 Å². The molecule has 0 saturated carbocycles. The topological polar surface area (TPSA) is 98.3 Å². The number of imidazole rings is 1. The van der Waals surface area contributed by atoms with Gasteiger partial charge in [0.15, 0.2) is 5.16 Å². The molecule has 10 heteroatoms. The van der Waals surface area contributed by atoms with Gasteiger partial charge in [0.25, 0.3) is 11.8 Å². The highest BCUT2D eigenvalue weighted by Crippen LogP contribution is 2.22. The van der Waals surface area contributed by atoms with Gasteiger partial charge in [0, 0.05) is 36.0 Å². The molecule has 4 rings (SSSR count). The fraction of sp³-hybridized carbons (Fsp3) is 0.323. The molecular weight excluding hydrogens is 546 g/mol. The van der Waals surface area contributed by atoms with Crippen LogP contribution >= 0.6 is 11.8 Å². The molecule has 0 bridgehead atoms. The van der Waals surface area contributed by atoms with Gasteiger partial charge >= 0.3 is 0 Å². The van der Waals surface area contributed by atoms with Crippen LogP contribution in [0.15, 0.2) is 71.9 Å². The molecule has 2 amide bonds. The monoisotopic (exact) mass is 580 g/mol. The molecule has 41 heavy (non-hydrogen) atoms. The van der Waals surface area contributed by atoms with E-state index in [0.29, 0.717) is 29.4 Å². The molecule has 0 aliphatic rings. The second kappa shape index (κ2) is 14.2. The molecule has 4 aromatic rings. The summed E-state index contributed by atoms with van der Waals surface area (Å²) in [6.45, 7) is 5.24. The molecule has 1 heterocycles. The summed E-state index contributed by atoms with van der Waals surface area (Å²) in [5.41, 5.74) is 2.57. The first kappa shape index (κ1) is 30.2. The third kappa shape index (κ3) is 8.14. The summed E-state index contributed by atoms with van der Waals surface area (Å²) in [6, 6.07) is 16.2. The molecule has 3 N–H and O–H groups in total. The van der Waals surface area contributed by atoms with Crippen LogP contribution in [0.1, 0.15) is 53.0 Å².